The van der Waals surface area contributed by atoms with Gasteiger partial charge in [-0.2, -0.15) is 4.68 Å². The number of ether oxygens (including phenoxy) is 3. The molecule has 0 fully saturated rings. The van der Waals surface area contributed by atoms with Gasteiger partial charge in [-0.3, -0.25) is 4.79 Å². The van der Waals surface area contributed by atoms with Crippen molar-refractivity contribution in [3.8, 4) is 22.9 Å². The van der Waals surface area contributed by atoms with Gasteiger partial charge in [0.1, 0.15) is 30.3 Å². The van der Waals surface area contributed by atoms with E-state index in [1.807, 2.05) is 24.3 Å². The van der Waals surface area contributed by atoms with Crippen molar-refractivity contribution in [2.24, 2.45) is 0 Å². The summed E-state index contributed by atoms with van der Waals surface area (Å²) in [6.07, 6.45) is 1.43. The van der Waals surface area contributed by atoms with E-state index in [0.717, 1.165) is 5.69 Å². The molecule has 32 heavy (non-hydrogen) atoms. The Balaban J connectivity index is 1.30. The molecular formula is C21H18N6O4S. The molecule has 0 saturated carbocycles. The fourth-order valence-corrected chi connectivity index (χ4v) is 3.93. The number of benzene rings is 2. The molecule has 10 nitrogen and oxygen atoms in total. The molecule has 0 radical (unpaired) electrons. The molecule has 0 saturated heterocycles. The molecule has 4 aromatic rings. The summed E-state index contributed by atoms with van der Waals surface area (Å²) in [7, 11) is 1.60. The number of nitrogens with one attached hydrogen (secondary N) is 1. The van der Waals surface area contributed by atoms with Crippen molar-refractivity contribution in [1.29, 1.82) is 0 Å². The van der Waals surface area contributed by atoms with Gasteiger partial charge >= 0.3 is 0 Å². The Kier molecular flexibility index (Phi) is 5.46. The van der Waals surface area contributed by atoms with E-state index in [1.54, 1.807) is 30.0 Å². The number of amides is 1. The molecule has 5 rings (SSSR count). The van der Waals surface area contributed by atoms with Crippen molar-refractivity contribution >= 4 is 34.5 Å². The van der Waals surface area contributed by atoms with Crippen LogP contribution in [-0.2, 0) is 4.79 Å². The van der Waals surface area contributed by atoms with Crippen molar-refractivity contribution < 1.29 is 19.0 Å². The fraction of sp³-hybridized carbons (Fsp3) is 0.190. The third-order valence-corrected chi connectivity index (χ3v) is 5.65. The monoisotopic (exact) mass is 450 g/mol. The van der Waals surface area contributed by atoms with Crippen LogP contribution in [0.25, 0.3) is 16.9 Å². The first kappa shape index (κ1) is 20.1. The summed E-state index contributed by atoms with van der Waals surface area (Å²) < 4.78 is 17.9. The molecule has 1 aliphatic heterocycles. The lowest BCUT2D eigenvalue weighted by Crippen LogP contribution is -2.17. The van der Waals surface area contributed by atoms with Crippen LogP contribution in [0.2, 0.25) is 0 Å². The Morgan fingerprint density at radius 2 is 2.03 bits per heavy atom. The lowest BCUT2D eigenvalue weighted by Gasteiger charge is -2.18. The van der Waals surface area contributed by atoms with Crippen molar-refractivity contribution in [3.63, 3.8) is 0 Å². The predicted octanol–water partition coefficient (Wildman–Crippen LogP) is 2.72. The number of anilines is 1. The number of nitrogens with zero attached hydrogens (tertiary/aromatic N) is 5. The molecule has 0 atom stereocenters. The molecule has 1 amide bonds. The molecule has 1 aliphatic rings. The van der Waals surface area contributed by atoms with Crippen molar-refractivity contribution in [3.05, 3.63) is 48.8 Å². The lowest BCUT2D eigenvalue weighted by atomic mass is 10.2. The smallest absolute Gasteiger partial charge is 0.234 e. The van der Waals surface area contributed by atoms with Crippen molar-refractivity contribution in [2.75, 3.05) is 31.4 Å². The molecule has 162 valence electrons. The van der Waals surface area contributed by atoms with Gasteiger partial charge in [0.15, 0.2) is 22.7 Å². The quantitative estimate of drug-likeness (QED) is 0.350. The number of hydrogen-bond donors (Lipinski definition) is 1. The summed E-state index contributed by atoms with van der Waals surface area (Å²) in [6, 6.07) is 12.7. The second kappa shape index (κ2) is 8.71. The summed E-state index contributed by atoms with van der Waals surface area (Å²) in [6.45, 7) is 1.01. The number of thioether (sulfide) groups is 1. The lowest BCUT2D eigenvalue weighted by molar-refractivity contribution is -0.113. The topological polar surface area (TPSA) is 113 Å². The standard InChI is InChI=1S/C21H18N6O4S/c1-29-15-4-2-3-14(10-15)27-20-19(25-26-27)21(23-12-22-20)32-11-18(28)24-13-5-6-16-17(9-13)31-8-7-30-16/h2-6,9-10,12H,7-8,11H2,1H3,(H,24,28). The SMILES string of the molecule is COc1cccc(-n2nnc3c(SCC(=O)Nc4ccc5c(c4)OCCO5)ncnc32)c1. The van der Waals surface area contributed by atoms with E-state index >= 15 is 0 Å². The van der Waals surface area contributed by atoms with Gasteiger partial charge in [0.25, 0.3) is 0 Å². The number of aromatic nitrogens is 5. The van der Waals surface area contributed by atoms with Crippen molar-refractivity contribution in [1.82, 2.24) is 25.0 Å². The van der Waals surface area contributed by atoms with Gasteiger partial charge < -0.3 is 19.5 Å². The minimum atomic E-state index is -0.182. The fourth-order valence-electron chi connectivity index (χ4n) is 3.20. The number of carbonyl (C=O) groups excluding carboxylic acids is 1. The van der Waals surface area contributed by atoms with E-state index < -0.39 is 0 Å². The summed E-state index contributed by atoms with van der Waals surface area (Å²) in [5.74, 6) is 1.95. The van der Waals surface area contributed by atoms with Crippen LogP contribution in [0.4, 0.5) is 5.69 Å². The molecule has 0 bridgehead atoms. The first-order valence-electron chi connectivity index (χ1n) is 9.74. The van der Waals surface area contributed by atoms with Crippen LogP contribution in [0.3, 0.4) is 0 Å². The minimum absolute atomic E-state index is 0.145. The number of hydrogen-bond acceptors (Lipinski definition) is 9. The molecule has 11 heteroatoms. The number of fused-ring (bicyclic) bond motifs is 2. The summed E-state index contributed by atoms with van der Waals surface area (Å²) in [4.78, 5) is 21.1. The van der Waals surface area contributed by atoms with Crippen LogP contribution >= 0.6 is 11.8 Å². The third kappa shape index (κ3) is 4.02. The van der Waals surface area contributed by atoms with Crippen LogP contribution in [-0.4, -0.2) is 56.9 Å². The summed E-state index contributed by atoms with van der Waals surface area (Å²) in [5.41, 5.74) is 2.46. The van der Waals surface area contributed by atoms with E-state index in [-0.39, 0.29) is 11.7 Å². The highest BCUT2D eigenvalue weighted by molar-refractivity contribution is 8.00. The van der Waals surface area contributed by atoms with Gasteiger partial charge in [0.05, 0.1) is 18.6 Å². The Bertz CT molecular complexity index is 1290. The molecule has 0 unspecified atom stereocenters. The zero-order valence-corrected chi connectivity index (χ0v) is 17.8. The van der Waals surface area contributed by atoms with Crippen LogP contribution < -0.4 is 19.5 Å². The van der Waals surface area contributed by atoms with Crippen LogP contribution in [0.5, 0.6) is 17.2 Å². The second-order valence-electron chi connectivity index (χ2n) is 6.75. The van der Waals surface area contributed by atoms with Crippen molar-refractivity contribution in [2.45, 2.75) is 5.03 Å². The third-order valence-electron chi connectivity index (χ3n) is 4.67. The van der Waals surface area contributed by atoms with Crippen LogP contribution in [0.1, 0.15) is 0 Å². The van der Waals surface area contributed by atoms with E-state index in [0.29, 0.717) is 52.3 Å². The number of carbonyl (C=O) groups is 1. The van der Waals surface area contributed by atoms with E-state index in [2.05, 4.69) is 25.6 Å². The molecule has 3 heterocycles. The summed E-state index contributed by atoms with van der Waals surface area (Å²) in [5, 5.41) is 11.9. The van der Waals surface area contributed by atoms with Gasteiger partial charge in [-0.15, -0.1) is 5.10 Å². The maximum absolute atomic E-state index is 12.5. The Morgan fingerprint density at radius 3 is 2.91 bits per heavy atom. The molecule has 0 aliphatic carbocycles. The molecule has 2 aromatic carbocycles. The normalized spacial score (nSPS) is 12.5. The highest BCUT2D eigenvalue weighted by atomic mass is 32.2. The second-order valence-corrected chi connectivity index (χ2v) is 7.71. The maximum atomic E-state index is 12.5. The maximum Gasteiger partial charge on any atom is 0.234 e. The number of methoxy groups -OCH3 is 1. The van der Waals surface area contributed by atoms with Gasteiger partial charge in [0.2, 0.25) is 5.91 Å². The largest absolute Gasteiger partial charge is 0.497 e. The first-order valence-corrected chi connectivity index (χ1v) is 10.7. The summed E-state index contributed by atoms with van der Waals surface area (Å²) >= 11 is 1.26. The highest BCUT2D eigenvalue weighted by Gasteiger charge is 2.16. The Labute approximate surface area is 186 Å². The van der Waals surface area contributed by atoms with Crippen LogP contribution in [0.15, 0.2) is 53.8 Å². The highest BCUT2D eigenvalue weighted by Crippen LogP contribution is 2.33. The zero-order chi connectivity index (χ0) is 21.9. The molecule has 1 N–H and O–H groups in total. The average Bonchev–Trinajstić information content (AvgIpc) is 3.27. The van der Waals surface area contributed by atoms with Gasteiger partial charge in [0, 0.05) is 17.8 Å². The van der Waals surface area contributed by atoms with E-state index in [4.69, 9.17) is 14.2 Å². The van der Waals surface area contributed by atoms with Gasteiger partial charge in [-0.1, -0.05) is 23.0 Å². The van der Waals surface area contributed by atoms with Gasteiger partial charge in [-0.25, -0.2) is 9.97 Å². The van der Waals surface area contributed by atoms with Gasteiger partial charge in [-0.05, 0) is 24.3 Å². The molecular weight excluding hydrogens is 432 g/mol. The number of rotatable bonds is 6. The molecule has 0 spiro atoms. The Morgan fingerprint density at radius 1 is 1.16 bits per heavy atom. The Hall–Kier alpha value is -3.86. The average molecular weight is 450 g/mol. The predicted molar refractivity (Wildman–Crippen MR) is 118 cm³/mol. The first-order chi connectivity index (χ1) is 15.7. The van der Waals surface area contributed by atoms with Crippen LogP contribution in [0, 0.1) is 0 Å². The minimum Gasteiger partial charge on any atom is -0.497 e. The zero-order valence-electron chi connectivity index (χ0n) is 17.0. The van der Waals surface area contributed by atoms with E-state index in [1.165, 1.54) is 18.1 Å². The van der Waals surface area contributed by atoms with E-state index in [9.17, 15) is 4.79 Å². The molecule has 2 aromatic heterocycles.